The zero-order chi connectivity index (χ0) is 17.6. The Morgan fingerprint density at radius 2 is 2.00 bits per heavy atom. The topological polar surface area (TPSA) is 50.8 Å². The van der Waals surface area contributed by atoms with E-state index in [1.807, 2.05) is 48.5 Å². The molecule has 1 fully saturated rings. The number of morpholine rings is 1. The molecule has 3 rings (SSSR count). The summed E-state index contributed by atoms with van der Waals surface area (Å²) in [5.41, 5.74) is 3.44. The van der Waals surface area contributed by atoms with Gasteiger partial charge in [0.1, 0.15) is 0 Å². The minimum absolute atomic E-state index is 0.125. The Balaban J connectivity index is 1.70. The molecule has 1 unspecified atom stereocenters. The average molecular weight is 340 g/mol. The van der Waals surface area contributed by atoms with Crippen molar-refractivity contribution in [3.8, 4) is 0 Å². The number of anilines is 2. The lowest BCUT2D eigenvalue weighted by Crippen LogP contribution is -2.43. The number of carbonyl (C=O) groups is 1. The van der Waals surface area contributed by atoms with Crippen molar-refractivity contribution in [1.82, 2.24) is 0 Å². The molecule has 0 radical (unpaired) electrons. The van der Waals surface area contributed by atoms with Crippen molar-refractivity contribution in [3.63, 3.8) is 0 Å². The number of amides is 1. The van der Waals surface area contributed by atoms with E-state index < -0.39 is 0 Å². The molecule has 0 saturated carbocycles. The molecular formula is C20H24N2O3. The average Bonchev–Trinajstić information content (AvgIpc) is 2.64. The van der Waals surface area contributed by atoms with Crippen molar-refractivity contribution < 1.29 is 14.3 Å². The maximum absolute atomic E-state index is 12.6. The van der Waals surface area contributed by atoms with E-state index in [0.29, 0.717) is 18.2 Å². The van der Waals surface area contributed by atoms with Crippen LogP contribution < -0.4 is 10.2 Å². The van der Waals surface area contributed by atoms with Crippen LogP contribution in [0.15, 0.2) is 48.5 Å². The molecule has 1 N–H and O–H groups in total. The van der Waals surface area contributed by atoms with Gasteiger partial charge in [0.25, 0.3) is 5.91 Å². The van der Waals surface area contributed by atoms with E-state index in [2.05, 4.69) is 17.1 Å². The van der Waals surface area contributed by atoms with E-state index in [4.69, 9.17) is 9.47 Å². The maximum atomic E-state index is 12.6. The molecule has 2 aromatic carbocycles. The number of hydrogen-bond acceptors (Lipinski definition) is 4. The molecule has 0 bridgehead atoms. The van der Waals surface area contributed by atoms with Crippen LogP contribution in [0.2, 0.25) is 0 Å². The highest BCUT2D eigenvalue weighted by Gasteiger charge is 2.19. The predicted octanol–water partition coefficient (Wildman–Crippen LogP) is 3.31. The Morgan fingerprint density at radius 3 is 2.72 bits per heavy atom. The molecule has 1 heterocycles. The second kappa shape index (κ2) is 8.14. The zero-order valence-electron chi connectivity index (χ0n) is 14.7. The highest BCUT2D eigenvalue weighted by Crippen LogP contribution is 2.22. The number of carbonyl (C=O) groups excluding carboxylic acids is 1. The van der Waals surface area contributed by atoms with Gasteiger partial charge < -0.3 is 19.7 Å². The standard InChI is InChI=1S/C20H24N2O3/c1-15-13-25-12-11-22(15)18-9-7-17(8-10-18)21-20(23)19-6-4-3-5-16(19)14-24-2/h3-10,15H,11-14H2,1-2H3,(H,21,23). The third-order valence-electron chi connectivity index (χ3n) is 4.39. The van der Waals surface area contributed by atoms with Gasteiger partial charge in [-0.1, -0.05) is 18.2 Å². The highest BCUT2D eigenvalue weighted by atomic mass is 16.5. The summed E-state index contributed by atoms with van der Waals surface area (Å²) in [6.45, 7) is 4.95. The Bertz CT molecular complexity index is 715. The van der Waals surface area contributed by atoms with Gasteiger partial charge in [-0.15, -0.1) is 0 Å². The molecule has 2 aromatic rings. The lowest BCUT2D eigenvalue weighted by Gasteiger charge is -2.35. The Labute approximate surface area is 148 Å². The van der Waals surface area contributed by atoms with Gasteiger partial charge >= 0.3 is 0 Å². The van der Waals surface area contributed by atoms with Gasteiger partial charge in [0.15, 0.2) is 0 Å². The van der Waals surface area contributed by atoms with Crippen molar-refractivity contribution >= 4 is 17.3 Å². The summed E-state index contributed by atoms with van der Waals surface area (Å²) >= 11 is 0. The number of benzene rings is 2. The first kappa shape index (κ1) is 17.5. The number of methoxy groups -OCH3 is 1. The number of hydrogen-bond donors (Lipinski definition) is 1. The highest BCUT2D eigenvalue weighted by molar-refractivity contribution is 6.05. The predicted molar refractivity (Wildman–Crippen MR) is 99.2 cm³/mol. The molecule has 1 aliphatic rings. The van der Waals surface area contributed by atoms with Crippen molar-refractivity contribution in [1.29, 1.82) is 0 Å². The van der Waals surface area contributed by atoms with Crippen LogP contribution in [0, 0.1) is 0 Å². The third kappa shape index (κ3) is 4.18. The second-order valence-electron chi connectivity index (χ2n) is 6.21. The fourth-order valence-corrected chi connectivity index (χ4v) is 3.07. The van der Waals surface area contributed by atoms with Crippen LogP contribution in [0.3, 0.4) is 0 Å². The molecule has 5 nitrogen and oxygen atoms in total. The zero-order valence-corrected chi connectivity index (χ0v) is 14.7. The van der Waals surface area contributed by atoms with Crippen molar-refractivity contribution in [3.05, 3.63) is 59.7 Å². The fourth-order valence-electron chi connectivity index (χ4n) is 3.07. The number of nitrogens with zero attached hydrogens (tertiary/aromatic N) is 1. The smallest absolute Gasteiger partial charge is 0.256 e. The Kier molecular flexibility index (Phi) is 5.68. The SMILES string of the molecule is COCc1ccccc1C(=O)Nc1ccc(N2CCOCC2C)cc1. The first-order chi connectivity index (χ1) is 12.2. The van der Waals surface area contributed by atoms with Gasteiger partial charge in [0.05, 0.1) is 19.8 Å². The van der Waals surface area contributed by atoms with Crippen LogP contribution in [0.1, 0.15) is 22.8 Å². The lowest BCUT2D eigenvalue weighted by atomic mass is 10.1. The van der Waals surface area contributed by atoms with E-state index in [-0.39, 0.29) is 5.91 Å². The number of rotatable bonds is 5. The van der Waals surface area contributed by atoms with Crippen LogP contribution in [-0.2, 0) is 16.1 Å². The molecule has 1 atom stereocenters. The van der Waals surface area contributed by atoms with Crippen LogP contribution in [0.25, 0.3) is 0 Å². The van der Waals surface area contributed by atoms with E-state index >= 15 is 0 Å². The Morgan fingerprint density at radius 1 is 1.24 bits per heavy atom. The molecule has 0 aliphatic carbocycles. The van der Waals surface area contributed by atoms with Crippen LogP contribution in [0.5, 0.6) is 0 Å². The summed E-state index contributed by atoms with van der Waals surface area (Å²) in [7, 11) is 1.63. The van der Waals surface area contributed by atoms with Gasteiger partial charge in [-0.2, -0.15) is 0 Å². The van der Waals surface area contributed by atoms with Crippen LogP contribution in [0.4, 0.5) is 11.4 Å². The molecule has 0 spiro atoms. The largest absolute Gasteiger partial charge is 0.380 e. The van der Waals surface area contributed by atoms with Gasteiger partial charge in [-0.05, 0) is 42.8 Å². The van der Waals surface area contributed by atoms with Gasteiger partial charge in [0.2, 0.25) is 0 Å². The molecule has 1 amide bonds. The van der Waals surface area contributed by atoms with E-state index in [9.17, 15) is 4.79 Å². The molecule has 1 aliphatic heterocycles. The van der Waals surface area contributed by atoms with Crippen molar-refractivity contribution in [2.75, 3.05) is 37.1 Å². The minimum Gasteiger partial charge on any atom is -0.380 e. The minimum atomic E-state index is -0.125. The van der Waals surface area contributed by atoms with Gasteiger partial charge in [-0.25, -0.2) is 0 Å². The monoisotopic (exact) mass is 340 g/mol. The Hall–Kier alpha value is -2.37. The quantitative estimate of drug-likeness (QED) is 0.907. The third-order valence-corrected chi connectivity index (χ3v) is 4.39. The van der Waals surface area contributed by atoms with Gasteiger partial charge in [0, 0.05) is 36.6 Å². The second-order valence-corrected chi connectivity index (χ2v) is 6.21. The first-order valence-corrected chi connectivity index (χ1v) is 8.51. The normalized spacial score (nSPS) is 17.4. The molecule has 25 heavy (non-hydrogen) atoms. The van der Waals surface area contributed by atoms with Crippen LogP contribution in [-0.4, -0.2) is 38.8 Å². The van der Waals surface area contributed by atoms with Crippen LogP contribution >= 0.6 is 0 Å². The summed E-state index contributed by atoms with van der Waals surface area (Å²) < 4.78 is 10.6. The number of nitrogens with one attached hydrogen (secondary N) is 1. The molecular weight excluding hydrogens is 316 g/mol. The molecule has 0 aromatic heterocycles. The summed E-state index contributed by atoms with van der Waals surface area (Å²) in [5.74, 6) is -0.125. The first-order valence-electron chi connectivity index (χ1n) is 8.51. The van der Waals surface area contributed by atoms with E-state index in [1.165, 1.54) is 0 Å². The summed E-state index contributed by atoms with van der Waals surface area (Å²) in [5, 5.41) is 2.96. The lowest BCUT2D eigenvalue weighted by molar-refractivity contribution is 0.0989. The van der Waals surface area contributed by atoms with E-state index in [0.717, 1.165) is 36.7 Å². The van der Waals surface area contributed by atoms with Crippen molar-refractivity contribution in [2.24, 2.45) is 0 Å². The van der Waals surface area contributed by atoms with E-state index in [1.54, 1.807) is 7.11 Å². The molecule has 5 heteroatoms. The fraction of sp³-hybridized carbons (Fsp3) is 0.350. The van der Waals surface area contributed by atoms with Gasteiger partial charge in [-0.3, -0.25) is 4.79 Å². The molecule has 132 valence electrons. The summed E-state index contributed by atoms with van der Waals surface area (Å²) in [4.78, 5) is 14.9. The summed E-state index contributed by atoms with van der Waals surface area (Å²) in [6.07, 6.45) is 0. The van der Waals surface area contributed by atoms with Crippen molar-refractivity contribution in [2.45, 2.75) is 19.6 Å². The summed E-state index contributed by atoms with van der Waals surface area (Å²) in [6, 6.07) is 15.8. The molecule has 1 saturated heterocycles. The number of ether oxygens (including phenoxy) is 2. The maximum Gasteiger partial charge on any atom is 0.256 e.